The number of rotatable bonds is 10. The molecular weight excluding hydrogens is 1330 g/mol. The van der Waals surface area contributed by atoms with Crippen LogP contribution in [0.5, 0.6) is 0 Å². The van der Waals surface area contributed by atoms with Crippen LogP contribution in [0.25, 0.3) is 24.3 Å². The van der Waals surface area contributed by atoms with Gasteiger partial charge in [0, 0.05) is 34.6 Å². The quantitative estimate of drug-likeness (QED) is 0.0659. The number of hydrogen-bond acceptors (Lipinski definition) is 10. The second kappa shape index (κ2) is 33.8. The fraction of sp³-hybridized carbons (Fsp3) is 0.316. The van der Waals surface area contributed by atoms with Gasteiger partial charge in [0.1, 0.15) is 5.82 Å². The van der Waals surface area contributed by atoms with Crippen LogP contribution in [0.2, 0.25) is 0 Å². The summed E-state index contributed by atoms with van der Waals surface area (Å²) < 4.78 is 0. The molecule has 0 bridgehead atoms. The van der Waals surface area contributed by atoms with E-state index in [4.69, 9.17) is 0 Å². The van der Waals surface area contributed by atoms with Crippen LogP contribution >= 0.6 is 0 Å². The molecule has 13 nitrogen and oxygen atoms in total. The number of hydrogen-bond donors (Lipinski definition) is 8. The van der Waals surface area contributed by atoms with Crippen molar-refractivity contribution in [3.63, 3.8) is 0 Å². The molecular formula is C95H110N10O3. The minimum atomic E-state index is -0.160. The van der Waals surface area contributed by atoms with Crippen LogP contribution in [-0.4, -0.2) is 27.7 Å². The van der Waals surface area contributed by atoms with Crippen LogP contribution in [0.3, 0.4) is 0 Å². The van der Waals surface area contributed by atoms with Gasteiger partial charge in [-0.2, -0.15) is 0 Å². The lowest BCUT2D eigenvalue weighted by Crippen LogP contribution is -2.12. The van der Waals surface area contributed by atoms with Gasteiger partial charge in [-0.1, -0.05) is 223 Å². The zero-order chi connectivity index (χ0) is 77.5. The molecule has 3 amide bonds. The van der Waals surface area contributed by atoms with E-state index in [1.165, 1.54) is 89.5 Å². The highest BCUT2D eigenvalue weighted by atomic mass is 16.2. The fourth-order valence-electron chi connectivity index (χ4n) is 13.2. The first-order valence-electron chi connectivity index (χ1n) is 38.7. The number of aromatic nitrogens is 2. The highest BCUT2D eigenvalue weighted by Gasteiger charge is 2.26. The van der Waals surface area contributed by atoms with Crippen LogP contribution in [0.1, 0.15) is 307 Å². The molecule has 7 heterocycles. The number of carbonyl (C=O) groups excluding carboxylic acids is 3. The highest BCUT2D eigenvalue weighted by molar-refractivity contribution is 6.14. The number of carbonyl (C=O) groups is 3. The van der Waals surface area contributed by atoms with Crippen molar-refractivity contribution >= 4 is 116 Å². The van der Waals surface area contributed by atoms with Crippen LogP contribution in [0.4, 0.5) is 74.2 Å². The zero-order valence-corrected chi connectivity index (χ0v) is 66.9. The van der Waals surface area contributed by atoms with Crippen molar-refractivity contribution in [3.8, 4) is 0 Å². The molecule has 8 aromatic carbocycles. The number of nitrogens with zero attached hydrogens (tertiary/aromatic N) is 2. The Bertz CT molecular complexity index is 4800. The average Bonchev–Trinajstić information content (AvgIpc) is 1.69. The van der Waals surface area contributed by atoms with Crippen molar-refractivity contribution in [2.45, 2.75) is 198 Å². The van der Waals surface area contributed by atoms with E-state index in [0.29, 0.717) is 93.2 Å². The van der Waals surface area contributed by atoms with E-state index in [-0.39, 0.29) is 17.7 Å². The normalized spacial score (nSPS) is 13.1. The monoisotopic (exact) mass is 1440 g/mol. The van der Waals surface area contributed by atoms with E-state index < -0.39 is 0 Å². The zero-order valence-electron chi connectivity index (χ0n) is 66.9. The summed E-state index contributed by atoms with van der Waals surface area (Å²) in [6.45, 7) is 43.4. The minimum absolute atomic E-state index is 0.0546. The molecule has 0 unspecified atom stereocenters. The van der Waals surface area contributed by atoms with Gasteiger partial charge in [-0.05, 0) is 235 Å². The van der Waals surface area contributed by atoms with E-state index in [2.05, 4.69) is 324 Å². The van der Waals surface area contributed by atoms with E-state index in [1.807, 2.05) is 60.8 Å². The maximum atomic E-state index is 12.5. The van der Waals surface area contributed by atoms with Gasteiger partial charge in [-0.15, -0.1) is 0 Å². The molecule has 2 aromatic heterocycles. The summed E-state index contributed by atoms with van der Waals surface area (Å²) in [6.07, 6.45) is 10.7. The van der Waals surface area contributed by atoms with Crippen LogP contribution in [-0.2, 0) is 0 Å². The Morgan fingerprint density at radius 1 is 0.222 bits per heavy atom. The molecule has 0 atom stereocenters. The molecule has 8 N–H and O–H groups in total. The molecule has 5 aliphatic heterocycles. The molecule has 0 spiro atoms. The minimum Gasteiger partial charge on any atom is -0.355 e. The van der Waals surface area contributed by atoms with Crippen molar-refractivity contribution in [2.75, 3.05) is 42.5 Å². The number of benzene rings is 8. The first kappa shape index (κ1) is 78.0. The predicted molar refractivity (Wildman–Crippen MR) is 459 cm³/mol. The SMILES string of the molecule is CC(C)c1ccc2c(c1)C=Cc1ccc(C(C)C)cc1N2.CC(C)c1ccc2c(c1)C=Cc1ccc(C(C)C)cc1N2.CC(C)c1ccc2c(c1)NC(=O)c1ccc(C(C)C)cc1N2.CC(C)c1ccc2c(c1)Nc1ccc(C(C)C)cc1C(=O)N2.CC(C)c1cnc2c(c1)NC(=O)c1ccc(C(C)C)nc1N2. The number of fused-ring (bicyclic) bond motifs is 10. The van der Waals surface area contributed by atoms with Gasteiger partial charge >= 0.3 is 0 Å². The van der Waals surface area contributed by atoms with Crippen molar-refractivity contribution in [2.24, 2.45) is 0 Å². The third-order valence-corrected chi connectivity index (χ3v) is 20.6. The van der Waals surface area contributed by atoms with Crippen molar-refractivity contribution in [3.05, 3.63) is 265 Å². The summed E-state index contributed by atoms with van der Waals surface area (Å²) >= 11 is 0. The summed E-state index contributed by atoms with van der Waals surface area (Å²) in [5.74, 6) is 5.50. The van der Waals surface area contributed by atoms with Crippen LogP contribution in [0.15, 0.2) is 170 Å². The predicted octanol–water partition coefficient (Wildman–Crippen LogP) is 26.8. The second-order valence-electron chi connectivity index (χ2n) is 32.1. The molecule has 13 heteroatoms. The molecule has 0 saturated carbocycles. The lowest BCUT2D eigenvalue weighted by atomic mass is 9.99. The first-order chi connectivity index (χ1) is 51.4. The van der Waals surface area contributed by atoms with Gasteiger partial charge in [0.05, 0.1) is 56.5 Å². The van der Waals surface area contributed by atoms with Gasteiger partial charge in [0.15, 0.2) is 5.82 Å². The van der Waals surface area contributed by atoms with E-state index in [0.717, 1.165) is 45.4 Å². The molecule has 10 aromatic rings. The van der Waals surface area contributed by atoms with Crippen molar-refractivity contribution in [1.82, 2.24) is 9.97 Å². The summed E-state index contributed by atoms with van der Waals surface area (Å²) in [5.41, 5.74) is 30.2. The molecule has 0 saturated heterocycles. The number of pyridine rings is 2. The Labute approximate surface area is 641 Å². The first-order valence-corrected chi connectivity index (χ1v) is 38.7. The van der Waals surface area contributed by atoms with Gasteiger partial charge < -0.3 is 42.5 Å². The smallest absolute Gasteiger partial charge is 0.259 e. The van der Waals surface area contributed by atoms with Gasteiger partial charge in [0.25, 0.3) is 17.7 Å². The van der Waals surface area contributed by atoms with E-state index in [9.17, 15) is 14.4 Å². The van der Waals surface area contributed by atoms with Crippen LogP contribution in [0, 0.1) is 0 Å². The van der Waals surface area contributed by atoms with Crippen LogP contribution < -0.4 is 42.5 Å². The van der Waals surface area contributed by atoms with Crippen molar-refractivity contribution < 1.29 is 14.4 Å². The summed E-state index contributed by atoms with van der Waals surface area (Å²) in [5, 5.41) is 26.2. The number of amides is 3. The third-order valence-electron chi connectivity index (χ3n) is 20.6. The Balaban J connectivity index is 0.000000134. The largest absolute Gasteiger partial charge is 0.355 e. The van der Waals surface area contributed by atoms with E-state index in [1.54, 1.807) is 0 Å². The fourth-order valence-corrected chi connectivity index (χ4v) is 13.2. The van der Waals surface area contributed by atoms with E-state index >= 15 is 0 Å². The summed E-state index contributed by atoms with van der Waals surface area (Å²) in [4.78, 5) is 46.4. The van der Waals surface area contributed by atoms with Gasteiger partial charge in [-0.25, -0.2) is 9.97 Å². The second-order valence-corrected chi connectivity index (χ2v) is 32.1. The third kappa shape index (κ3) is 18.5. The molecule has 108 heavy (non-hydrogen) atoms. The van der Waals surface area contributed by atoms with Crippen molar-refractivity contribution in [1.29, 1.82) is 0 Å². The highest BCUT2D eigenvalue weighted by Crippen LogP contribution is 2.41. The Kier molecular flexibility index (Phi) is 24.4. The number of anilines is 13. The Hall–Kier alpha value is -11.1. The average molecular weight is 1440 g/mol. The molecule has 0 radical (unpaired) electrons. The molecule has 558 valence electrons. The Morgan fingerprint density at radius 3 is 1.03 bits per heavy atom. The van der Waals surface area contributed by atoms with Gasteiger partial charge in [0.2, 0.25) is 0 Å². The molecule has 0 aliphatic carbocycles. The topological polar surface area (TPSA) is 173 Å². The van der Waals surface area contributed by atoms with Gasteiger partial charge in [-0.3, -0.25) is 14.4 Å². The maximum absolute atomic E-state index is 12.5. The Morgan fingerprint density at radius 2 is 0.546 bits per heavy atom. The standard InChI is InChI=1S/2C20H23N.2C19H22N2O.C17H20N4O/c2*1-13(2)16-9-10-19-18(11-16)8-6-15-5-7-17(14(3)4)12-20(15)21-19;1-11(2)13-5-7-16-15(9-13)19(22)21-17-8-6-14(12(3)4)10-18(17)20-16;1-11(2)13-5-7-15-17(9-13)20-16-8-6-14(12(3)4)10-18(16)21-19(15)22;1-9(2)11-7-14-16(18-8-11)21-15-12(17(22)20-14)5-6-13(19-15)10(3)4/h2*5-14,21H,1-4H3;2*5-12,20H,1-4H3,(H,21,22);5-10H,1-4H3,(H,20,22)(H,18,19,21). The summed E-state index contributed by atoms with van der Waals surface area (Å²) in [6, 6.07) is 57.0. The lowest BCUT2D eigenvalue weighted by molar-refractivity contribution is 0.101. The molecule has 0 fully saturated rings. The lowest BCUT2D eigenvalue weighted by Gasteiger charge is -2.14. The molecule has 15 rings (SSSR count). The summed E-state index contributed by atoms with van der Waals surface area (Å²) in [7, 11) is 0. The molecule has 5 aliphatic rings. The number of nitrogens with one attached hydrogen (secondary N) is 8. The maximum Gasteiger partial charge on any atom is 0.259 e.